The number of hydrogen-bond acceptors (Lipinski definition) is 1. The van der Waals surface area contributed by atoms with Gasteiger partial charge in [0, 0.05) is 5.79 Å². The number of rotatable bonds is 2. The molecule has 0 aromatic rings. The van der Waals surface area contributed by atoms with Gasteiger partial charge in [-0.05, 0) is 22.5 Å². The van der Waals surface area contributed by atoms with E-state index >= 15 is 0 Å². The highest BCUT2D eigenvalue weighted by Crippen LogP contribution is 2.58. The lowest BCUT2D eigenvalue weighted by Gasteiger charge is -2.11. The van der Waals surface area contributed by atoms with Crippen LogP contribution in [0.15, 0.2) is 0 Å². The highest BCUT2D eigenvalue weighted by molar-refractivity contribution is 8.10. The van der Waals surface area contributed by atoms with Crippen LogP contribution in [-0.2, 0) is 4.57 Å². The van der Waals surface area contributed by atoms with E-state index in [4.69, 9.17) is 33.6 Å². The number of hydrogen-bond donors (Lipinski definition) is 0. The minimum atomic E-state index is -2.91. The van der Waals surface area contributed by atoms with Gasteiger partial charge in [-0.3, -0.25) is 4.57 Å². The van der Waals surface area contributed by atoms with E-state index in [1.807, 2.05) is 13.1 Å². The first kappa shape index (κ1) is 10.3. The molecule has 0 saturated carbocycles. The van der Waals surface area contributed by atoms with Crippen molar-refractivity contribution in [2.24, 2.45) is 0 Å². The molecule has 6 heteroatoms. The average Bonchev–Trinajstić information content (AvgIpc) is 1.14. The van der Waals surface area contributed by atoms with Gasteiger partial charge in [-0.2, -0.15) is 11.1 Å². The smallest absolute Gasteiger partial charge is 0.251 e. The van der Waals surface area contributed by atoms with Crippen LogP contribution in [0.2, 0.25) is 13.1 Å². The molecule has 1 nitrogen and oxygen atoms in total. The van der Waals surface area contributed by atoms with E-state index in [0.29, 0.717) is 0 Å². The standard InChI is InChI=1S/C3H8Cl3OPSi/c1-9(2,6)3-8(4,5)7/h3H2,1-2H3. The lowest BCUT2D eigenvalue weighted by Crippen LogP contribution is -2.20. The van der Waals surface area contributed by atoms with Crippen molar-refractivity contribution in [1.29, 1.82) is 0 Å². The van der Waals surface area contributed by atoms with Crippen molar-refractivity contribution in [3.8, 4) is 0 Å². The first-order valence-corrected chi connectivity index (χ1v) is 10.3. The van der Waals surface area contributed by atoms with E-state index in [1.165, 1.54) is 0 Å². The first-order valence-electron chi connectivity index (χ1n) is 2.38. The van der Waals surface area contributed by atoms with E-state index in [9.17, 15) is 4.57 Å². The van der Waals surface area contributed by atoms with Gasteiger partial charge in [-0.15, -0.1) is 0 Å². The molecule has 0 saturated heterocycles. The molecule has 0 aliphatic rings. The molecule has 0 heterocycles. The second kappa shape index (κ2) is 3.14. The van der Waals surface area contributed by atoms with Crippen LogP contribution in [0.3, 0.4) is 0 Å². The van der Waals surface area contributed by atoms with Gasteiger partial charge in [0.1, 0.15) is 0 Å². The Morgan fingerprint density at radius 3 is 1.78 bits per heavy atom. The van der Waals surface area contributed by atoms with Crippen molar-refractivity contribution >= 4 is 46.8 Å². The Hall–Kier alpha value is 1.32. The van der Waals surface area contributed by atoms with Crippen molar-refractivity contribution in [2.45, 2.75) is 13.1 Å². The Bertz CT molecular complexity index is 136. The molecule has 0 bridgehead atoms. The monoisotopic (exact) mass is 224 g/mol. The molecule has 0 rings (SSSR count). The van der Waals surface area contributed by atoms with Crippen LogP contribution in [0.4, 0.5) is 0 Å². The highest BCUT2D eigenvalue weighted by atomic mass is 35.9. The van der Waals surface area contributed by atoms with Gasteiger partial charge in [0.15, 0.2) is 7.38 Å². The topological polar surface area (TPSA) is 17.1 Å². The fourth-order valence-electron chi connectivity index (χ4n) is 0.438. The largest absolute Gasteiger partial charge is 0.289 e. The summed E-state index contributed by atoms with van der Waals surface area (Å²) in [6, 6.07) is 0. The van der Waals surface area contributed by atoms with E-state index in [2.05, 4.69) is 0 Å². The quantitative estimate of drug-likeness (QED) is 0.398. The maximum Gasteiger partial charge on any atom is 0.251 e. The third-order valence-corrected chi connectivity index (χ3v) is 8.27. The van der Waals surface area contributed by atoms with Crippen LogP contribution in [0.1, 0.15) is 0 Å². The molecule has 0 spiro atoms. The minimum Gasteiger partial charge on any atom is -0.289 e. The molecule has 0 aromatic carbocycles. The van der Waals surface area contributed by atoms with E-state index in [0.717, 1.165) is 0 Å². The molecular weight excluding hydrogens is 217 g/mol. The molecule has 0 radical (unpaired) electrons. The van der Waals surface area contributed by atoms with E-state index in [1.54, 1.807) is 0 Å². The summed E-state index contributed by atoms with van der Waals surface area (Å²) in [4.78, 5) is 0. The molecule has 9 heavy (non-hydrogen) atoms. The summed E-state index contributed by atoms with van der Waals surface area (Å²) in [6.45, 7) is 3.71. The normalized spacial score (nSPS) is 13.9. The van der Waals surface area contributed by atoms with Gasteiger partial charge >= 0.3 is 0 Å². The van der Waals surface area contributed by atoms with Crippen LogP contribution in [-0.4, -0.2) is 13.2 Å². The van der Waals surface area contributed by atoms with Gasteiger partial charge in [0.25, 0.3) is 5.85 Å². The Morgan fingerprint density at radius 1 is 1.44 bits per heavy atom. The lowest BCUT2D eigenvalue weighted by molar-refractivity contribution is 0.595. The predicted octanol–water partition coefficient (Wildman–Crippen LogP) is 3.64. The summed E-state index contributed by atoms with van der Waals surface area (Å²) >= 11 is 16.4. The van der Waals surface area contributed by atoms with Gasteiger partial charge < -0.3 is 0 Å². The molecule has 0 amide bonds. The summed E-state index contributed by atoms with van der Waals surface area (Å²) in [5, 5.41) is 0. The molecule has 0 aliphatic heterocycles. The molecule has 0 unspecified atom stereocenters. The van der Waals surface area contributed by atoms with Crippen molar-refractivity contribution in [1.82, 2.24) is 0 Å². The second-order valence-corrected chi connectivity index (χ2v) is 15.2. The Labute approximate surface area is 70.3 Å². The summed E-state index contributed by atoms with van der Waals surface area (Å²) in [7, 11) is -1.85. The maximum absolute atomic E-state index is 10.7. The third-order valence-electron chi connectivity index (χ3n) is 0.560. The van der Waals surface area contributed by atoms with Crippen LogP contribution >= 0.6 is 39.4 Å². The van der Waals surface area contributed by atoms with Gasteiger partial charge in [-0.1, -0.05) is 13.1 Å². The maximum atomic E-state index is 10.7. The third kappa shape index (κ3) is 9.32. The van der Waals surface area contributed by atoms with Crippen LogP contribution < -0.4 is 0 Å². The zero-order valence-corrected chi connectivity index (χ0v) is 9.36. The van der Waals surface area contributed by atoms with Gasteiger partial charge in [0.05, 0.1) is 0 Å². The summed E-state index contributed by atoms with van der Waals surface area (Å²) in [5.74, 6) is -2.63. The molecular formula is C3H8Cl3OPSi. The molecule has 0 atom stereocenters. The fourth-order valence-corrected chi connectivity index (χ4v) is 11.9. The van der Waals surface area contributed by atoms with Crippen molar-refractivity contribution in [2.75, 3.05) is 5.79 Å². The Balaban J connectivity index is 3.90. The van der Waals surface area contributed by atoms with Crippen LogP contribution in [0, 0.1) is 0 Å². The van der Waals surface area contributed by atoms with Crippen molar-refractivity contribution in [3.63, 3.8) is 0 Å². The average molecular weight is 226 g/mol. The van der Waals surface area contributed by atoms with Gasteiger partial charge in [-0.25, -0.2) is 0 Å². The van der Waals surface area contributed by atoms with E-state index < -0.39 is 13.2 Å². The Morgan fingerprint density at radius 2 is 1.78 bits per heavy atom. The fraction of sp³-hybridized carbons (Fsp3) is 1.00. The zero-order chi connectivity index (χ0) is 7.71. The van der Waals surface area contributed by atoms with Crippen LogP contribution in [0.5, 0.6) is 0 Å². The minimum absolute atomic E-state index is 0.282. The van der Waals surface area contributed by atoms with E-state index in [-0.39, 0.29) is 5.79 Å². The number of halogens is 3. The molecule has 0 aliphatic carbocycles. The first-order chi connectivity index (χ1) is 3.71. The molecule has 0 fully saturated rings. The Kier molecular flexibility index (Phi) is 3.60. The van der Waals surface area contributed by atoms with Crippen molar-refractivity contribution in [3.05, 3.63) is 0 Å². The lowest BCUT2D eigenvalue weighted by atomic mass is 11.8. The van der Waals surface area contributed by atoms with Gasteiger partial charge in [0.2, 0.25) is 0 Å². The van der Waals surface area contributed by atoms with Crippen LogP contribution in [0.25, 0.3) is 0 Å². The zero-order valence-electron chi connectivity index (χ0n) is 5.20. The summed E-state index contributed by atoms with van der Waals surface area (Å²) in [5.41, 5.74) is 0. The predicted molar refractivity (Wildman–Crippen MR) is 47.5 cm³/mol. The van der Waals surface area contributed by atoms with Crippen molar-refractivity contribution < 1.29 is 4.57 Å². The summed E-state index contributed by atoms with van der Waals surface area (Å²) in [6.07, 6.45) is 0. The molecule has 56 valence electrons. The second-order valence-electron chi connectivity index (χ2n) is 2.45. The highest BCUT2D eigenvalue weighted by Gasteiger charge is 2.27. The molecule has 0 aromatic heterocycles. The SMILES string of the molecule is C[Si](C)(Cl)CP(=O)(Cl)Cl. The summed E-state index contributed by atoms with van der Waals surface area (Å²) < 4.78 is 10.7. The molecule has 0 N–H and O–H groups in total.